The first kappa shape index (κ1) is 19.9. The van der Waals surface area contributed by atoms with E-state index in [9.17, 15) is 4.79 Å². The first-order valence-electron chi connectivity index (χ1n) is 8.90. The molecule has 3 N–H and O–H groups in total. The number of ether oxygens (including phenoxy) is 3. The Morgan fingerprint density at radius 2 is 1.76 bits per heavy atom. The van der Waals surface area contributed by atoms with E-state index in [4.69, 9.17) is 19.9 Å². The summed E-state index contributed by atoms with van der Waals surface area (Å²) < 4.78 is 16.1. The van der Waals surface area contributed by atoms with E-state index in [2.05, 4.69) is 20.3 Å². The summed E-state index contributed by atoms with van der Waals surface area (Å²) >= 11 is 0. The van der Waals surface area contributed by atoms with Crippen LogP contribution in [0.15, 0.2) is 48.5 Å². The van der Waals surface area contributed by atoms with Crippen molar-refractivity contribution in [2.45, 2.75) is 13.5 Å². The smallest absolute Gasteiger partial charge is 0.342 e. The Bertz CT molecular complexity index is 996. The molecule has 0 radical (unpaired) electrons. The number of anilines is 3. The molecule has 2 aromatic carbocycles. The molecule has 0 fully saturated rings. The van der Waals surface area contributed by atoms with Crippen molar-refractivity contribution in [2.24, 2.45) is 0 Å². The van der Waals surface area contributed by atoms with Gasteiger partial charge in [0.25, 0.3) is 0 Å². The molecule has 3 aromatic rings. The molecule has 0 atom stereocenters. The summed E-state index contributed by atoms with van der Waals surface area (Å²) in [7, 11) is 1.56. The molecule has 9 heteroatoms. The Morgan fingerprint density at radius 1 is 1.03 bits per heavy atom. The van der Waals surface area contributed by atoms with Crippen molar-refractivity contribution in [1.29, 1.82) is 0 Å². The molecule has 1 aromatic heterocycles. The minimum absolute atomic E-state index is 0.00170. The Balaban J connectivity index is 1.73. The lowest BCUT2D eigenvalue weighted by Gasteiger charge is -2.11. The quantitative estimate of drug-likeness (QED) is 0.554. The molecule has 9 nitrogen and oxygen atoms in total. The zero-order chi connectivity index (χ0) is 20.6. The number of hydrogen-bond donors (Lipinski definition) is 2. The highest BCUT2D eigenvalue weighted by atomic mass is 16.5. The number of methoxy groups -OCH3 is 1. The van der Waals surface area contributed by atoms with Crippen molar-refractivity contribution in [2.75, 3.05) is 24.8 Å². The number of nitrogens with two attached hydrogens (primary N) is 1. The van der Waals surface area contributed by atoms with Crippen LogP contribution in [0.3, 0.4) is 0 Å². The van der Waals surface area contributed by atoms with Crippen molar-refractivity contribution >= 4 is 23.6 Å². The van der Waals surface area contributed by atoms with E-state index < -0.39 is 5.97 Å². The van der Waals surface area contributed by atoms with Crippen LogP contribution in [0.5, 0.6) is 11.5 Å². The normalized spacial score (nSPS) is 10.3. The van der Waals surface area contributed by atoms with Gasteiger partial charge in [0.15, 0.2) is 12.4 Å². The molecule has 0 aliphatic carbocycles. The predicted molar refractivity (Wildman–Crippen MR) is 107 cm³/mol. The number of nitrogen functional groups attached to an aromatic ring is 1. The van der Waals surface area contributed by atoms with Gasteiger partial charge < -0.3 is 25.3 Å². The number of rotatable bonds is 8. The average Bonchev–Trinajstić information content (AvgIpc) is 2.73. The molecule has 0 unspecified atom stereocenters. The van der Waals surface area contributed by atoms with Gasteiger partial charge in [0.2, 0.25) is 11.9 Å². The topological polar surface area (TPSA) is 121 Å². The SMILES string of the molecule is CCOc1ccccc1C(=O)OCc1nc(N)nc(Nc2ccccc2OC)n1. The molecule has 0 saturated carbocycles. The highest BCUT2D eigenvalue weighted by Gasteiger charge is 2.15. The molecule has 29 heavy (non-hydrogen) atoms. The van der Waals surface area contributed by atoms with Crippen LogP contribution >= 0.6 is 0 Å². The Labute approximate surface area is 167 Å². The van der Waals surface area contributed by atoms with Gasteiger partial charge in [-0.15, -0.1) is 0 Å². The van der Waals surface area contributed by atoms with Crippen molar-refractivity contribution in [3.63, 3.8) is 0 Å². The third-order valence-corrected chi connectivity index (χ3v) is 3.79. The molecule has 0 aliphatic heterocycles. The molecule has 0 saturated heterocycles. The van der Waals surface area contributed by atoms with Gasteiger partial charge >= 0.3 is 5.97 Å². The molecule has 0 spiro atoms. The van der Waals surface area contributed by atoms with Crippen LogP contribution in [0.25, 0.3) is 0 Å². The summed E-state index contributed by atoms with van der Waals surface area (Å²) in [4.78, 5) is 24.7. The van der Waals surface area contributed by atoms with Gasteiger partial charge in [-0.3, -0.25) is 0 Å². The van der Waals surface area contributed by atoms with Gasteiger partial charge in [-0.05, 0) is 31.2 Å². The maximum atomic E-state index is 12.4. The van der Waals surface area contributed by atoms with E-state index in [0.717, 1.165) is 0 Å². The summed E-state index contributed by atoms with van der Waals surface area (Å²) in [5.41, 5.74) is 6.76. The summed E-state index contributed by atoms with van der Waals surface area (Å²) in [6.07, 6.45) is 0. The van der Waals surface area contributed by atoms with E-state index in [1.807, 2.05) is 25.1 Å². The first-order valence-corrected chi connectivity index (χ1v) is 8.90. The van der Waals surface area contributed by atoms with E-state index in [1.165, 1.54) is 0 Å². The zero-order valence-corrected chi connectivity index (χ0v) is 16.1. The van der Waals surface area contributed by atoms with Crippen molar-refractivity contribution < 1.29 is 19.0 Å². The van der Waals surface area contributed by atoms with Gasteiger partial charge in [-0.1, -0.05) is 24.3 Å². The summed E-state index contributed by atoms with van der Waals surface area (Å²) in [5, 5.41) is 3.02. The van der Waals surface area contributed by atoms with Crippen LogP contribution in [0, 0.1) is 0 Å². The van der Waals surface area contributed by atoms with E-state index in [0.29, 0.717) is 29.4 Å². The second-order valence-electron chi connectivity index (χ2n) is 5.76. The fraction of sp³-hybridized carbons (Fsp3) is 0.200. The summed E-state index contributed by atoms with van der Waals surface area (Å²) in [6.45, 7) is 2.10. The molecule has 0 aliphatic rings. The van der Waals surface area contributed by atoms with Crippen LogP contribution in [0.1, 0.15) is 23.1 Å². The Morgan fingerprint density at radius 3 is 2.52 bits per heavy atom. The fourth-order valence-electron chi connectivity index (χ4n) is 2.55. The van der Waals surface area contributed by atoms with Gasteiger partial charge in [-0.25, -0.2) is 4.79 Å². The second kappa shape index (κ2) is 9.36. The number of carbonyl (C=O) groups excluding carboxylic acids is 1. The lowest BCUT2D eigenvalue weighted by Crippen LogP contribution is -2.12. The molecule has 3 rings (SSSR count). The predicted octanol–water partition coefficient (Wildman–Crippen LogP) is 2.96. The van der Waals surface area contributed by atoms with Crippen LogP contribution in [0.2, 0.25) is 0 Å². The van der Waals surface area contributed by atoms with Gasteiger partial charge in [0, 0.05) is 0 Å². The monoisotopic (exact) mass is 395 g/mol. The highest BCUT2D eigenvalue weighted by Crippen LogP contribution is 2.25. The zero-order valence-electron chi connectivity index (χ0n) is 16.1. The first-order chi connectivity index (χ1) is 14.1. The number of esters is 1. The molecule has 150 valence electrons. The lowest BCUT2D eigenvalue weighted by molar-refractivity contribution is 0.0458. The third-order valence-electron chi connectivity index (χ3n) is 3.79. The number of benzene rings is 2. The number of nitrogens with one attached hydrogen (secondary N) is 1. The summed E-state index contributed by atoms with van der Waals surface area (Å²) in [6, 6.07) is 14.1. The number of para-hydroxylation sites is 3. The average molecular weight is 395 g/mol. The van der Waals surface area contributed by atoms with Crippen molar-refractivity contribution in [1.82, 2.24) is 15.0 Å². The van der Waals surface area contributed by atoms with Crippen molar-refractivity contribution in [3.05, 3.63) is 59.9 Å². The number of nitrogens with zero attached hydrogens (tertiary/aromatic N) is 3. The largest absolute Gasteiger partial charge is 0.495 e. The Hall–Kier alpha value is -3.88. The molecule has 0 bridgehead atoms. The Kier molecular flexibility index (Phi) is 6.41. The van der Waals surface area contributed by atoms with E-state index in [-0.39, 0.29) is 24.3 Å². The minimum atomic E-state index is -0.549. The minimum Gasteiger partial charge on any atom is -0.495 e. The number of aromatic nitrogens is 3. The lowest BCUT2D eigenvalue weighted by atomic mass is 10.2. The van der Waals surface area contributed by atoms with E-state index >= 15 is 0 Å². The number of carbonyl (C=O) groups is 1. The maximum Gasteiger partial charge on any atom is 0.342 e. The second-order valence-corrected chi connectivity index (χ2v) is 5.76. The molecule has 0 amide bonds. The molecule has 1 heterocycles. The van der Waals surface area contributed by atoms with Crippen LogP contribution in [-0.4, -0.2) is 34.6 Å². The van der Waals surface area contributed by atoms with Crippen molar-refractivity contribution in [3.8, 4) is 11.5 Å². The standard InChI is InChI=1S/C20H21N5O4/c1-3-28-15-10-6-4-8-13(15)18(26)29-12-17-23-19(21)25-20(24-17)22-14-9-5-7-11-16(14)27-2/h4-11H,3,12H2,1-2H3,(H3,21,22,23,24,25). The summed E-state index contributed by atoms with van der Waals surface area (Å²) in [5.74, 6) is 0.936. The molecular formula is C20H21N5O4. The van der Waals surface area contributed by atoms with Crippen LogP contribution in [-0.2, 0) is 11.3 Å². The van der Waals surface area contributed by atoms with Crippen LogP contribution in [0.4, 0.5) is 17.6 Å². The van der Waals surface area contributed by atoms with Gasteiger partial charge in [-0.2, -0.15) is 15.0 Å². The van der Waals surface area contributed by atoms with E-state index in [1.54, 1.807) is 37.4 Å². The maximum absolute atomic E-state index is 12.4. The number of hydrogen-bond acceptors (Lipinski definition) is 9. The van der Waals surface area contributed by atoms with Crippen LogP contribution < -0.4 is 20.5 Å². The third kappa shape index (κ3) is 5.10. The van der Waals surface area contributed by atoms with Gasteiger partial charge in [0.1, 0.15) is 17.1 Å². The van der Waals surface area contributed by atoms with Gasteiger partial charge in [0.05, 0.1) is 19.4 Å². The highest BCUT2D eigenvalue weighted by molar-refractivity contribution is 5.92. The molecular weight excluding hydrogens is 374 g/mol. The fourth-order valence-corrected chi connectivity index (χ4v) is 2.55.